The van der Waals surface area contributed by atoms with E-state index in [2.05, 4.69) is 24.1 Å². The number of nitrogens with zero attached hydrogens (tertiary/aromatic N) is 1. The van der Waals surface area contributed by atoms with Crippen molar-refractivity contribution in [1.29, 1.82) is 0 Å². The number of rotatable bonds is 4. The highest BCUT2D eigenvalue weighted by atomic mass is 35.5. The van der Waals surface area contributed by atoms with Crippen molar-refractivity contribution in [1.82, 2.24) is 10.3 Å². The predicted molar refractivity (Wildman–Crippen MR) is 69.5 cm³/mol. The van der Waals surface area contributed by atoms with Gasteiger partial charge in [-0.2, -0.15) is 0 Å². The fraction of sp³-hybridized carbons (Fsp3) is 0.615. The molecular formula is C13H19ClN2O. The third kappa shape index (κ3) is 2.55. The molecule has 0 amide bonds. The zero-order chi connectivity index (χ0) is 12.5. The van der Waals surface area contributed by atoms with Crippen LogP contribution in [0, 0.1) is 5.41 Å². The summed E-state index contributed by atoms with van der Waals surface area (Å²) >= 11 is 6.19. The molecule has 1 aromatic rings. The fourth-order valence-corrected chi connectivity index (χ4v) is 2.45. The van der Waals surface area contributed by atoms with Gasteiger partial charge in [-0.15, -0.1) is 11.6 Å². The number of aromatic nitrogens is 1. The van der Waals surface area contributed by atoms with Crippen molar-refractivity contribution in [3.8, 4) is 5.88 Å². The average molecular weight is 255 g/mol. The van der Waals surface area contributed by atoms with Crippen LogP contribution in [0.1, 0.15) is 26.0 Å². The number of pyridine rings is 1. The molecule has 0 aromatic carbocycles. The van der Waals surface area contributed by atoms with Crippen LogP contribution >= 0.6 is 11.6 Å². The zero-order valence-corrected chi connectivity index (χ0v) is 11.3. The van der Waals surface area contributed by atoms with Gasteiger partial charge in [-0.3, -0.25) is 0 Å². The maximum absolute atomic E-state index is 6.19. The number of methoxy groups -OCH3 is 1. The first-order chi connectivity index (χ1) is 8.04. The summed E-state index contributed by atoms with van der Waals surface area (Å²) in [6.45, 7) is 5.16. The minimum Gasteiger partial charge on any atom is -0.481 e. The van der Waals surface area contributed by atoms with E-state index in [-0.39, 0.29) is 10.8 Å². The Morgan fingerprint density at radius 1 is 1.53 bits per heavy atom. The van der Waals surface area contributed by atoms with Gasteiger partial charge < -0.3 is 10.1 Å². The summed E-state index contributed by atoms with van der Waals surface area (Å²) in [6, 6.07) is 6.28. The lowest BCUT2D eigenvalue weighted by molar-refractivity contribution is 0.115. The topological polar surface area (TPSA) is 34.1 Å². The van der Waals surface area contributed by atoms with Crippen molar-refractivity contribution in [2.75, 3.05) is 7.11 Å². The Labute approximate surface area is 108 Å². The van der Waals surface area contributed by atoms with Crippen LogP contribution in [-0.2, 0) is 6.54 Å². The van der Waals surface area contributed by atoms with Crippen LogP contribution in [0.15, 0.2) is 18.2 Å². The van der Waals surface area contributed by atoms with Crippen LogP contribution in [0.5, 0.6) is 5.88 Å². The minimum atomic E-state index is 0.167. The van der Waals surface area contributed by atoms with E-state index in [4.69, 9.17) is 16.3 Å². The van der Waals surface area contributed by atoms with Crippen molar-refractivity contribution in [3.63, 3.8) is 0 Å². The summed E-state index contributed by atoms with van der Waals surface area (Å²) in [7, 11) is 1.63. The molecule has 94 valence electrons. The molecule has 1 fully saturated rings. The second-order valence-electron chi connectivity index (χ2n) is 5.13. The van der Waals surface area contributed by atoms with Crippen molar-refractivity contribution in [2.45, 2.75) is 38.2 Å². The molecule has 0 bridgehead atoms. The molecule has 1 saturated carbocycles. The number of nitrogens with one attached hydrogen (secondary N) is 1. The Bertz CT molecular complexity index is 395. The van der Waals surface area contributed by atoms with Gasteiger partial charge in [-0.05, 0) is 17.9 Å². The van der Waals surface area contributed by atoms with Crippen LogP contribution in [0.4, 0.5) is 0 Å². The molecule has 2 unspecified atom stereocenters. The molecule has 1 heterocycles. The monoisotopic (exact) mass is 254 g/mol. The highest BCUT2D eigenvalue weighted by molar-refractivity contribution is 6.21. The Kier molecular flexibility index (Phi) is 3.59. The van der Waals surface area contributed by atoms with Gasteiger partial charge in [0.05, 0.1) is 12.8 Å². The predicted octanol–water partition coefficient (Wildman–Crippen LogP) is 2.59. The summed E-state index contributed by atoms with van der Waals surface area (Å²) in [5.74, 6) is 0.660. The van der Waals surface area contributed by atoms with Gasteiger partial charge in [0.2, 0.25) is 5.88 Å². The largest absolute Gasteiger partial charge is 0.481 e. The van der Waals surface area contributed by atoms with E-state index < -0.39 is 0 Å². The molecule has 2 atom stereocenters. The summed E-state index contributed by atoms with van der Waals surface area (Å²) in [5, 5.41) is 3.78. The second kappa shape index (κ2) is 4.83. The first-order valence-electron chi connectivity index (χ1n) is 5.91. The van der Waals surface area contributed by atoms with Gasteiger partial charge in [-0.25, -0.2) is 4.98 Å². The molecule has 3 nitrogen and oxygen atoms in total. The lowest BCUT2D eigenvalue weighted by Crippen LogP contribution is -2.57. The number of hydrogen-bond donors (Lipinski definition) is 1. The van der Waals surface area contributed by atoms with Crippen LogP contribution in [0.3, 0.4) is 0 Å². The fourth-order valence-electron chi connectivity index (χ4n) is 2.12. The lowest BCUT2D eigenvalue weighted by atomic mass is 9.67. The lowest BCUT2D eigenvalue weighted by Gasteiger charge is -2.49. The van der Waals surface area contributed by atoms with E-state index in [9.17, 15) is 0 Å². The molecule has 1 N–H and O–H groups in total. The molecule has 17 heavy (non-hydrogen) atoms. The van der Waals surface area contributed by atoms with Gasteiger partial charge >= 0.3 is 0 Å². The average Bonchev–Trinajstić information content (AvgIpc) is 2.34. The molecule has 1 aliphatic carbocycles. The molecule has 0 spiro atoms. The molecular weight excluding hydrogens is 236 g/mol. The van der Waals surface area contributed by atoms with Crippen LogP contribution in [-0.4, -0.2) is 23.5 Å². The van der Waals surface area contributed by atoms with Gasteiger partial charge in [0.1, 0.15) is 0 Å². The highest BCUT2D eigenvalue weighted by Crippen LogP contribution is 2.44. The number of hydrogen-bond acceptors (Lipinski definition) is 3. The SMILES string of the molecule is COc1cccc(CNC2CC(Cl)C2(C)C)n1. The van der Waals surface area contributed by atoms with Gasteiger partial charge in [0.25, 0.3) is 0 Å². The van der Waals surface area contributed by atoms with Crippen LogP contribution in [0.25, 0.3) is 0 Å². The molecule has 4 heteroatoms. The van der Waals surface area contributed by atoms with Crippen LogP contribution in [0.2, 0.25) is 0 Å². The van der Waals surface area contributed by atoms with Crippen molar-refractivity contribution < 1.29 is 4.74 Å². The van der Waals surface area contributed by atoms with E-state index in [1.54, 1.807) is 7.11 Å². The van der Waals surface area contributed by atoms with Crippen molar-refractivity contribution in [2.24, 2.45) is 5.41 Å². The number of ether oxygens (including phenoxy) is 1. The molecule has 0 aliphatic heterocycles. The number of alkyl halides is 1. The third-order valence-electron chi connectivity index (χ3n) is 3.67. The van der Waals surface area contributed by atoms with Gasteiger partial charge in [-0.1, -0.05) is 19.9 Å². The maximum Gasteiger partial charge on any atom is 0.213 e. The standard InChI is InChI=1S/C13H19ClN2O/c1-13(2)10(14)7-11(13)15-8-9-5-4-6-12(16-9)17-3/h4-6,10-11,15H,7-8H2,1-3H3. The van der Waals surface area contributed by atoms with E-state index >= 15 is 0 Å². The first-order valence-corrected chi connectivity index (χ1v) is 6.35. The van der Waals surface area contributed by atoms with E-state index in [0.717, 1.165) is 18.7 Å². The molecule has 1 aliphatic rings. The van der Waals surface area contributed by atoms with Gasteiger partial charge in [0.15, 0.2) is 0 Å². The summed E-state index contributed by atoms with van der Waals surface area (Å²) in [4.78, 5) is 4.37. The smallest absolute Gasteiger partial charge is 0.213 e. The summed E-state index contributed by atoms with van der Waals surface area (Å²) in [5.41, 5.74) is 1.17. The van der Waals surface area contributed by atoms with Crippen LogP contribution < -0.4 is 10.1 Å². The van der Waals surface area contributed by atoms with Crippen molar-refractivity contribution in [3.05, 3.63) is 23.9 Å². The summed E-state index contributed by atoms with van der Waals surface area (Å²) in [6.07, 6.45) is 1.03. The van der Waals surface area contributed by atoms with E-state index in [1.165, 1.54) is 0 Å². The van der Waals surface area contributed by atoms with Crippen molar-refractivity contribution >= 4 is 11.6 Å². The molecule has 0 saturated heterocycles. The minimum absolute atomic E-state index is 0.167. The Morgan fingerprint density at radius 2 is 2.29 bits per heavy atom. The normalized spacial score (nSPS) is 26.4. The molecule has 0 radical (unpaired) electrons. The Hall–Kier alpha value is -0.800. The van der Waals surface area contributed by atoms with E-state index in [0.29, 0.717) is 11.9 Å². The first kappa shape index (κ1) is 12.7. The van der Waals surface area contributed by atoms with Gasteiger partial charge in [0, 0.05) is 24.0 Å². The second-order valence-corrected chi connectivity index (χ2v) is 5.66. The molecule has 1 aromatic heterocycles. The third-order valence-corrected chi connectivity index (χ3v) is 4.41. The number of halogens is 1. The van der Waals surface area contributed by atoms with E-state index in [1.807, 2.05) is 18.2 Å². The highest BCUT2D eigenvalue weighted by Gasteiger charge is 2.46. The molecule has 2 rings (SSSR count). The quantitative estimate of drug-likeness (QED) is 0.839. The Morgan fingerprint density at radius 3 is 2.88 bits per heavy atom. The maximum atomic E-state index is 6.19. The Balaban J connectivity index is 1.90. The zero-order valence-electron chi connectivity index (χ0n) is 10.5. The summed E-state index contributed by atoms with van der Waals surface area (Å²) < 4.78 is 5.10.